The lowest BCUT2D eigenvalue weighted by molar-refractivity contribution is -0.130. The highest BCUT2D eigenvalue weighted by atomic mass is 32.2. The van der Waals surface area contributed by atoms with Gasteiger partial charge in [0.15, 0.2) is 0 Å². The van der Waals surface area contributed by atoms with Crippen molar-refractivity contribution in [2.75, 3.05) is 29.9 Å². The number of nitrogens with one attached hydrogen (secondary N) is 1. The molecular formula is C17H21N3OS2. The molecule has 122 valence electrons. The molecule has 2 aromatic rings. The van der Waals surface area contributed by atoms with E-state index in [0.717, 1.165) is 53.1 Å². The number of aryl methyl sites for hydroxylation is 1. The molecule has 3 rings (SSSR count). The zero-order chi connectivity index (χ0) is 16.1. The number of amides is 1. The fourth-order valence-electron chi connectivity index (χ4n) is 2.52. The fraction of sp³-hybridized carbons (Fsp3) is 0.412. The van der Waals surface area contributed by atoms with Crippen molar-refractivity contribution in [2.45, 2.75) is 19.9 Å². The van der Waals surface area contributed by atoms with Crippen LogP contribution < -0.4 is 5.32 Å². The van der Waals surface area contributed by atoms with Crippen molar-refractivity contribution in [3.05, 3.63) is 45.9 Å². The Bertz CT molecular complexity index is 648. The minimum absolute atomic E-state index is 0.240. The van der Waals surface area contributed by atoms with Crippen LogP contribution in [0.5, 0.6) is 0 Å². The molecule has 6 heteroatoms. The fourth-order valence-corrected chi connectivity index (χ4v) is 4.04. The first-order valence-corrected chi connectivity index (χ1v) is 9.83. The Morgan fingerprint density at radius 3 is 2.65 bits per heavy atom. The average molecular weight is 348 g/mol. The number of nitrogens with zero attached hydrogens (tertiary/aromatic N) is 2. The molecule has 0 atom stereocenters. The highest BCUT2D eigenvalue weighted by Gasteiger charge is 2.16. The van der Waals surface area contributed by atoms with Gasteiger partial charge in [0.25, 0.3) is 0 Å². The summed E-state index contributed by atoms with van der Waals surface area (Å²) in [6, 6.07) is 8.14. The summed E-state index contributed by atoms with van der Waals surface area (Å²) in [4.78, 5) is 18.7. The van der Waals surface area contributed by atoms with Crippen LogP contribution in [0, 0.1) is 6.92 Å². The monoisotopic (exact) mass is 347 g/mol. The zero-order valence-corrected chi connectivity index (χ0v) is 14.9. The number of aromatic nitrogens is 1. The highest BCUT2D eigenvalue weighted by Crippen LogP contribution is 2.15. The van der Waals surface area contributed by atoms with Crippen LogP contribution >= 0.6 is 23.1 Å². The number of anilines is 1. The quantitative estimate of drug-likeness (QED) is 0.902. The smallest absolute Gasteiger partial charge is 0.227 e. The van der Waals surface area contributed by atoms with E-state index in [4.69, 9.17) is 0 Å². The summed E-state index contributed by atoms with van der Waals surface area (Å²) in [5, 5.41) is 6.53. The van der Waals surface area contributed by atoms with Gasteiger partial charge in [0.05, 0.1) is 23.7 Å². The van der Waals surface area contributed by atoms with Gasteiger partial charge < -0.3 is 10.2 Å². The summed E-state index contributed by atoms with van der Waals surface area (Å²) in [7, 11) is 0. The largest absolute Gasteiger partial charge is 0.379 e. The van der Waals surface area contributed by atoms with Crippen molar-refractivity contribution in [2.24, 2.45) is 0 Å². The molecule has 1 N–H and O–H groups in total. The Balaban J connectivity index is 1.51. The molecule has 1 fully saturated rings. The van der Waals surface area contributed by atoms with E-state index in [1.807, 2.05) is 47.9 Å². The molecule has 0 saturated carbocycles. The van der Waals surface area contributed by atoms with E-state index < -0.39 is 0 Å². The Labute approximate surface area is 145 Å². The lowest BCUT2D eigenvalue weighted by atomic mass is 10.1. The second kappa shape index (κ2) is 7.84. The van der Waals surface area contributed by atoms with Crippen molar-refractivity contribution < 1.29 is 4.79 Å². The number of hydrogen-bond donors (Lipinski definition) is 1. The van der Waals surface area contributed by atoms with Gasteiger partial charge >= 0.3 is 0 Å². The number of hydrogen-bond acceptors (Lipinski definition) is 5. The summed E-state index contributed by atoms with van der Waals surface area (Å²) in [5.41, 5.74) is 3.19. The van der Waals surface area contributed by atoms with Gasteiger partial charge in [-0.2, -0.15) is 11.8 Å². The van der Waals surface area contributed by atoms with Crippen LogP contribution in [0.3, 0.4) is 0 Å². The van der Waals surface area contributed by atoms with Crippen molar-refractivity contribution in [3.8, 4) is 0 Å². The van der Waals surface area contributed by atoms with Gasteiger partial charge in [0.1, 0.15) is 0 Å². The molecular weight excluding hydrogens is 326 g/mol. The molecule has 0 spiro atoms. The van der Waals surface area contributed by atoms with Crippen LogP contribution in [0.4, 0.5) is 5.69 Å². The third-order valence-corrected chi connectivity index (χ3v) is 5.58. The minimum atomic E-state index is 0.240. The van der Waals surface area contributed by atoms with Gasteiger partial charge in [0, 0.05) is 35.7 Å². The average Bonchev–Trinajstić information content (AvgIpc) is 3.00. The molecule has 23 heavy (non-hydrogen) atoms. The van der Waals surface area contributed by atoms with Gasteiger partial charge in [0.2, 0.25) is 5.91 Å². The molecule has 0 aliphatic carbocycles. The molecule has 0 radical (unpaired) electrons. The number of carbonyl (C=O) groups is 1. The Hall–Kier alpha value is -1.53. The molecule has 1 amide bonds. The van der Waals surface area contributed by atoms with Crippen LogP contribution in [0.2, 0.25) is 0 Å². The van der Waals surface area contributed by atoms with Crippen LogP contribution in [0.25, 0.3) is 0 Å². The SMILES string of the molecule is Cc1nc(CNc2ccc(CC(=O)N3CCSCC3)cc2)cs1. The maximum atomic E-state index is 12.3. The normalized spacial score (nSPS) is 14.7. The number of thioether (sulfide) groups is 1. The molecule has 0 unspecified atom stereocenters. The van der Waals surface area contributed by atoms with E-state index in [1.165, 1.54) is 0 Å². The van der Waals surface area contributed by atoms with Crippen molar-refractivity contribution in [1.29, 1.82) is 0 Å². The topological polar surface area (TPSA) is 45.2 Å². The third-order valence-electron chi connectivity index (χ3n) is 3.81. The molecule has 2 heterocycles. The summed E-state index contributed by atoms with van der Waals surface area (Å²) in [6.45, 7) is 4.52. The van der Waals surface area contributed by atoms with Crippen LogP contribution in [-0.2, 0) is 17.8 Å². The van der Waals surface area contributed by atoms with E-state index in [9.17, 15) is 4.79 Å². The lowest BCUT2D eigenvalue weighted by Crippen LogP contribution is -2.38. The summed E-state index contributed by atoms with van der Waals surface area (Å²) >= 11 is 3.59. The van der Waals surface area contributed by atoms with Crippen molar-refractivity contribution in [1.82, 2.24) is 9.88 Å². The molecule has 0 bridgehead atoms. The number of rotatable bonds is 5. The van der Waals surface area contributed by atoms with Gasteiger partial charge in [-0.1, -0.05) is 12.1 Å². The van der Waals surface area contributed by atoms with E-state index in [-0.39, 0.29) is 5.91 Å². The molecule has 1 aliphatic heterocycles. The van der Waals surface area contributed by atoms with Gasteiger partial charge in [-0.05, 0) is 24.6 Å². The number of thiazole rings is 1. The van der Waals surface area contributed by atoms with Crippen LogP contribution in [-0.4, -0.2) is 40.4 Å². The highest BCUT2D eigenvalue weighted by molar-refractivity contribution is 7.99. The molecule has 1 saturated heterocycles. The zero-order valence-electron chi connectivity index (χ0n) is 13.2. The van der Waals surface area contributed by atoms with E-state index >= 15 is 0 Å². The van der Waals surface area contributed by atoms with Crippen LogP contribution in [0.1, 0.15) is 16.3 Å². The van der Waals surface area contributed by atoms with Gasteiger partial charge in [-0.15, -0.1) is 11.3 Å². The van der Waals surface area contributed by atoms with Crippen molar-refractivity contribution >= 4 is 34.7 Å². The Morgan fingerprint density at radius 2 is 2.00 bits per heavy atom. The van der Waals surface area contributed by atoms with Crippen molar-refractivity contribution in [3.63, 3.8) is 0 Å². The van der Waals surface area contributed by atoms with Gasteiger partial charge in [-0.3, -0.25) is 4.79 Å². The molecule has 1 aromatic carbocycles. The second-order valence-corrected chi connectivity index (χ2v) is 7.87. The van der Waals surface area contributed by atoms with Gasteiger partial charge in [-0.25, -0.2) is 4.98 Å². The molecule has 1 aromatic heterocycles. The van der Waals surface area contributed by atoms with Crippen LogP contribution in [0.15, 0.2) is 29.6 Å². The minimum Gasteiger partial charge on any atom is -0.379 e. The summed E-state index contributed by atoms with van der Waals surface area (Å²) in [5.74, 6) is 2.36. The standard InChI is InChI=1S/C17H21N3OS2/c1-13-19-16(12-23-13)11-18-15-4-2-14(3-5-15)10-17(21)20-6-8-22-9-7-20/h2-5,12,18H,6-11H2,1H3. The predicted molar refractivity (Wildman–Crippen MR) is 98.2 cm³/mol. The lowest BCUT2D eigenvalue weighted by Gasteiger charge is -2.26. The molecule has 4 nitrogen and oxygen atoms in total. The number of benzene rings is 1. The first kappa shape index (κ1) is 16.3. The summed E-state index contributed by atoms with van der Waals surface area (Å²) < 4.78 is 0. The Kier molecular flexibility index (Phi) is 5.56. The first-order valence-electron chi connectivity index (χ1n) is 7.80. The van der Waals surface area contributed by atoms with E-state index in [1.54, 1.807) is 11.3 Å². The molecule has 1 aliphatic rings. The first-order chi connectivity index (χ1) is 11.2. The third kappa shape index (κ3) is 4.72. The summed E-state index contributed by atoms with van der Waals surface area (Å²) in [6.07, 6.45) is 0.496. The number of carbonyl (C=O) groups excluding carboxylic acids is 1. The van der Waals surface area contributed by atoms with E-state index in [0.29, 0.717) is 6.42 Å². The maximum Gasteiger partial charge on any atom is 0.227 e. The second-order valence-electron chi connectivity index (χ2n) is 5.58. The predicted octanol–water partition coefficient (Wildman–Crippen LogP) is 3.18. The van der Waals surface area contributed by atoms with E-state index in [2.05, 4.69) is 15.7 Å². The maximum absolute atomic E-state index is 12.3. The Morgan fingerprint density at radius 1 is 1.26 bits per heavy atom.